The number of benzene rings is 2. The first-order chi connectivity index (χ1) is 20.3. The maximum atomic E-state index is 13.7. The minimum Gasteiger partial charge on any atom is -0.394 e. The van der Waals surface area contributed by atoms with Crippen molar-refractivity contribution in [1.29, 1.82) is 0 Å². The largest absolute Gasteiger partial charge is 0.394 e. The fourth-order valence-corrected chi connectivity index (χ4v) is 7.16. The Morgan fingerprint density at radius 3 is 2.07 bits per heavy atom. The molecule has 1 aliphatic carbocycles. The molecule has 2 fully saturated rings. The summed E-state index contributed by atoms with van der Waals surface area (Å²) < 4.78 is 36.2. The summed E-state index contributed by atoms with van der Waals surface area (Å²) in [7, 11) is 0. The lowest BCUT2D eigenvalue weighted by Crippen LogP contribution is -2.55. The van der Waals surface area contributed by atoms with Crippen molar-refractivity contribution in [3.63, 3.8) is 0 Å². The molecule has 4 N–H and O–H groups in total. The van der Waals surface area contributed by atoms with Crippen molar-refractivity contribution in [2.24, 2.45) is 0 Å². The molecule has 1 saturated carbocycles. The number of hydrogen-bond acceptors (Lipinski definition) is 10. The lowest BCUT2D eigenvalue weighted by molar-refractivity contribution is -0.178. The summed E-state index contributed by atoms with van der Waals surface area (Å²) in [6, 6.07) is 10.4. The Hall–Kier alpha value is -3.27. The number of nitrogens with zero attached hydrogens (tertiary/aromatic N) is 6. The van der Waals surface area contributed by atoms with Gasteiger partial charge in [-0.2, -0.15) is 0 Å². The van der Waals surface area contributed by atoms with Gasteiger partial charge >= 0.3 is 0 Å². The Bertz CT molecular complexity index is 1520. The fraction of sp³-hybridized carbons (Fsp3) is 0.429. The molecule has 1 saturated heterocycles. The van der Waals surface area contributed by atoms with Crippen molar-refractivity contribution in [3.05, 3.63) is 72.6 Å². The second kappa shape index (κ2) is 12.1. The molecule has 14 heteroatoms. The van der Waals surface area contributed by atoms with Gasteiger partial charge in [-0.3, -0.25) is 0 Å². The predicted octanol–water partition coefficient (Wildman–Crippen LogP) is 2.35. The van der Waals surface area contributed by atoms with E-state index in [1.54, 1.807) is 35.1 Å². The first-order valence-electron chi connectivity index (χ1n) is 13.6. The standard InChI is InChI=1S/C28H30F2N6O5S/c29-17-6-1-4-15(10-17)19-12-35(33-31-19)21-8-3-9-23(25(21)38)42-28-27(40)24(26(39)22(14-37)41-28)36-13-20(32-34-36)16-5-2-7-18(30)11-16/h1-2,4-7,10-13,21-28,37-40H,3,8-9,14H2/t21?,22?,23-,24?,25?,26+,27?,28+/m1/s1. The van der Waals surface area contributed by atoms with E-state index in [0.29, 0.717) is 35.4 Å². The van der Waals surface area contributed by atoms with E-state index in [1.165, 1.54) is 46.9 Å². The van der Waals surface area contributed by atoms with Gasteiger partial charge < -0.3 is 25.2 Å². The van der Waals surface area contributed by atoms with Gasteiger partial charge in [-0.15, -0.1) is 22.0 Å². The molecule has 2 aromatic carbocycles. The molecule has 0 radical (unpaired) electrons. The number of halogens is 2. The van der Waals surface area contributed by atoms with Gasteiger partial charge in [-0.25, -0.2) is 18.1 Å². The lowest BCUT2D eigenvalue weighted by atomic mass is 9.92. The van der Waals surface area contributed by atoms with E-state index in [1.807, 2.05) is 0 Å². The number of ether oxygens (including phenoxy) is 1. The van der Waals surface area contributed by atoms with Crippen molar-refractivity contribution in [2.75, 3.05) is 6.61 Å². The van der Waals surface area contributed by atoms with Crippen LogP contribution >= 0.6 is 11.8 Å². The Kier molecular flexibility index (Phi) is 8.34. The van der Waals surface area contributed by atoms with Crippen LogP contribution < -0.4 is 0 Å². The monoisotopic (exact) mass is 600 g/mol. The Balaban J connectivity index is 1.19. The van der Waals surface area contributed by atoms with Crippen LogP contribution in [0.25, 0.3) is 22.5 Å². The van der Waals surface area contributed by atoms with Crippen LogP contribution in [0.3, 0.4) is 0 Å². The van der Waals surface area contributed by atoms with Crippen LogP contribution in [0.2, 0.25) is 0 Å². The maximum absolute atomic E-state index is 13.7. The van der Waals surface area contributed by atoms with E-state index in [-0.39, 0.29) is 11.1 Å². The number of hydrogen-bond donors (Lipinski definition) is 4. The molecule has 6 rings (SSSR count). The molecular formula is C28H30F2N6O5S. The third-order valence-corrected chi connectivity index (χ3v) is 9.35. The number of aromatic nitrogens is 6. The van der Waals surface area contributed by atoms with Crippen molar-refractivity contribution < 1.29 is 33.9 Å². The van der Waals surface area contributed by atoms with E-state index < -0.39 is 54.4 Å². The first kappa shape index (κ1) is 28.8. The van der Waals surface area contributed by atoms with E-state index in [2.05, 4.69) is 20.6 Å². The molecule has 4 aromatic rings. The van der Waals surface area contributed by atoms with Crippen LogP contribution in [0.15, 0.2) is 60.9 Å². The second-order valence-electron chi connectivity index (χ2n) is 10.5. The van der Waals surface area contributed by atoms with Crippen molar-refractivity contribution in [2.45, 2.75) is 66.4 Å². The van der Waals surface area contributed by atoms with Crippen LogP contribution in [0, 0.1) is 11.6 Å². The highest BCUT2D eigenvalue weighted by atomic mass is 32.2. The molecule has 0 bridgehead atoms. The van der Waals surface area contributed by atoms with Crippen LogP contribution in [-0.2, 0) is 4.74 Å². The first-order valence-corrected chi connectivity index (χ1v) is 14.6. The zero-order valence-electron chi connectivity index (χ0n) is 22.3. The van der Waals surface area contributed by atoms with Gasteiger partial charge in [-0.1, -0.05) is 41.1 Å². The Morgan fingerprint density at radius 1 is 0.833 bits per heavy atom. The molecule has 2 aliphatic rings. The number of thioether (sulfide) groups is 1. The highest BCUT2D eigenvalue weighted by Gasteiger charge is 2.48. The third kappa shape index (κ3) is 5.70. The van der Waals surface area contributed by atoms with Crippen LogP contribution in [-0.4, -0.2) is 92.1 Å². The van der Waals surface area contributed by atoms with Crippen molar-refractivity contribution in [3.8, 4) is 22.5 Å². The normalized spacial score (nSPS) is 30.0. The second-order valence-corrected chi connectivity index (χ2v) is 11.9. The molecule has 11 nitrogen and oxygen atoms in total. The van der Waals surface area contributed by atoms with Crippen molar-refractivity contribution in [1.82, 2.24) is 30.0 Å². The number of rotatable bonds is 7. The summed E-state index contributed by atoms with van der Waals surface area (Å²) in [6.45, 7) is -0.509. The maximum Gasteiger partial charge on any atom is 0.132 e. The van der Waals surface area contributed by atoms with Gasteiger partial charge in [-0.05, 0) is 37.1 Å². The SMILES string of the molecule is OCC1O[C@@H](S[C@@H]2CCCC(n3cc(-c4cccc(F)c4)nn3)C2O)C(O)C(n2cc(-c3cccc(F)c3)nn2)[C@H]1O. The summed E-state index contributed by atoms with van der Waals surface area (Å²) in [5, 5.41) is 59.8. The topological polar surface area (TPSA) is 152 Å². The van der Waals surface area contributed by atoms with Crippen LogP contribution in [0.5, 0.6) is 0 Å². The van der Waals surface area contributed by atoms with Gasteiger partial charge in [0.2, 0.25) is 0 Å². The van der Waals surface area contributed by atoms with Crippen LogP contribution in [0.4, 0.5) is 8.78 Å². The molecule has 222 valence electrons. The van der Waals surface area contributed by atoms with Gasteiger partial charge in [0, 0.05) is 16.4 Å². The smallest absolute Gasteiger partial charge is 0.132 e. The molecule has 8 atom stereocenters. The van der Waals surface area contributed by atoms with Gasteiger partial charge in [0.25, 0.3) is 0 Å². The van der Waals surface area contributed by atoms with E-state index in [4.69, 9.17) is 4.74 Å². The van der Waals surface area contributed by atoms with E-state index in [0.717, 1.165) is 6.42 Å². The zero-order valence-corrected chi connectivity index (χ0v) is 23.1. The summed E-state index contributed by atoms with van der Waals surface area (Å²) >= 11 is 1.22. The Morgan fingerprint density at radius 2 is 1.45 bits per heavy atom. The van der Waals surface area contributed by atoms with Gasteiger partial charge in [0.05, 0.1) is 31.1 Å². The highest BCUT2D eigenvalue weighted by Crippen LogP contribution is 2.42. The average Bonchev–Trinajstić information content (AvgIpc) is 3.67. The summed E-state index contributed by atoms with van der Waals surface area (Å²) in [5.41, 5.74) is 0.961. The lowest BCUT2D eigenvalue weighted by Gasteiger charge is -2.44. The third-order valence-electron chi connectivity index (χ3n) is 7.83. The molecule has 42 heavy (non-hydrogen) atoms. The van der Waals surface area contributed by atoms with E-state index in [9.17, 15) is 29.2 Å². The summed E-state index contributed by atoms with van der Waals surface area (Å²) in [4.78, 5) is 0. The summed E-state index contributed by atoms with van der Waals surface area (Å²) in [5.74, 6) is -0.826. The van der Waals surface area contributed by atoms with Gasteiger partial charge in [0.1, 0.15) is 52.8 Å². The minimum absolute atomic E-state index is 0.348. The number of aliphatic hydroxyl groups excluding tert-OH is 4. The summed E-state index contributed by atoms with van der Waals surface area (Å²) in [6.07, 6.45) is 0.690. The minimum atomic E-state index is -1.32. The fourth-order valence-electron chi connectivity index (χ4n) is 5.64. The zero-order chi connectivity index (χ0) is 29.4. The molecule has 5 unspecified atom stereocenters. The van der Waals surface area contributed by atoms with Crippen molar-refractivity contribution >= 4 is 11.8 Å². The molecule has 3 heterocycles. The quantitative estimate of drug-likeness (QED) is 0.249. The highest BCUT2D eigenvalue weighted by molar-refractivity contribution is 8.00. The molecule has 0 spiro atoms. The molecule has 1 aliphatic heterocycles. The Labute approximate surface area is 243 Å². The molecule has 2 aromatic heterocycles. The number of aliphatic hydroxyl groups is 4. The van der Waals surface area contributed by atoms with Crippen LogP contribution in [0.1, 0.15) is 31.3 Å². The average molecular weight is 601 g/mol. The van der Waals surface area contributed by atoms with E-state index >= 15 is 0 Å². The van der Waals surface area contributed by atoms with Gasteiger partial charge in [0.15, 0.2) is 0 Å². The molecule has 0 amide bonds. The molecular weight excluding hydrogens is 570 g/mol. The predicted molar refractivity (Wildman–Crippen MR) is 148 cm³/mol.